The zero-order valence-corrected chi connectivity index (χ0v) is 9.87. The molecule has 2 nitrogen and oxygen atoms in total. The Hall–Kier alpha value is -0.570. The number of aliphatic hydroxyl groups excluding tert-OH is 1. The van der Waals surface area contributed by atoms with Gasteiger partial charge in [0.2, 0.25) is 0 Å². The summed E-state index contributed by atoms with van der Waals surface area (Å²) in [7, 11) is 0. The molecule has 0 spiro atoms. The summed E-state index contributed by atoms with van der Waals surface area (Å²) in [5.41, 5.74) is 1.22. The van der Waals surface area contributed by atoms with Crippen molar-refractivity contribution in [1.82, 2.24) is 4.90 Å². The fraction of sp³-hybridized carbons (Fsp3) is 0.500. The molecular formula is C12H18ClNO. The van der Waals surface area contributed by atoms with Gasteiger partial charge in [-0.3, -0.25) is 4.90 Å². The Morgan fingerprint density at radius 1 is 1.40 bits per heavy atom. The molecule has 0 radical (unpaired) electrons. The van der Waals surface area contributed by atoms with Gasteiger partial charge >= 0.3 is 0 Å². The lowest BCUT2D eigenvalue weighted by atomic mass is 10.2. The van der Waals surface area contributed by atoms with Crippen molar-refractivity contribution >= 4 is 11.6 Å². The largest absolute Gasteiger partial charge is 0.396 e. The first-order chi connectivity index (χ1) is 7.26. The van der Waals surface area contributed by atoms with Crippen molar-refractivity contribution < 1.29 is 5.11 Å². The van der Waals surface area contributed by atoms with Crippen LogP contribution in [-0.4, -0.2) is 29.7 Å². The van der Waals surface area contributed by atoms with E-state index in [0.29, 0.717) is 0 Å². The van der Waals surface area contributed by atoms with Gasteiger partial charge in [-0.2, -0.15) is 0 Å². The van der Waals surface area contributed by atoms with Gasteiger partial charge in [0.05, 0.1) is 0 Å². The van der Waals surface area contributed by atoms with Crippen molar-refractivity contribution in [3.63, 3.8) is 0 Å². The molecule has 15 heavy (non-hydrogen) atoms. The predicted octanol–water partition coefficient (Wildman–Crippen LogP) is 2.54. The molecule has 0 aliphatic rings. The normalized spacial score (nSPS) is 10.9. The van der Waals surface area contributed by atoms with Crippen LogP contribution in [0, 0.1) is 0 Å². The van der Waals surface area contributed by atoms with Crippen LogP contribution in [0.2, 0.25) is 5.02 Å². The van der Waals surface area contributed by atoms with Crippen molar-refractivity contribution in [2.45, 2.75) is 19.9 Å². The summed E-state index contributed by atoms with van der Waals surface area (Å²) in [6.07, 6.45) is 0.828. The Labute approximate surface area is 96.5 Å². The molecule has 0 aromatic heterocycles. The smallest absolute Gasteiger partial charge is 0.0443 e. The maximum atomic E-state index is 8.77. The van der Waals surface area contributed by atoms with E-state index < -0.39 is 0 Å². The van der Waals surface area contributed by atoms with E-state index >= 15 is 0 Å². The van der Waals surface area contributed by atoms with Gasteiger partial charge in [-0.15, -0.1) is 0 Å². The molecule has 1 rings (SSSR count). The van der Waals surface area contributed by atoms with Gasteiger partial charge in [0, 0.05) is 24.7 Å². The summed E-state index contributed by atoms with van der Waals surface area (Å²) in [6.45, 7) is 5.21. The molecule has 0 saturated heterocycles. The number of hydrogen-bond acceptors (Lipinski definition) is 2. The highest BCUT2D eigenvalue weighted by Crippen LogP contribution is 2.12. The van der Waals surface area contributed by atoms with Crippen LogP contribution in [0.4, 0.5) is 0 Å². The zero-order valence-electron chi connectivity index (χ0n) is 9.12. The Morgan fingerprint density at radius 3 is 2.80 bits per heavy atom. The maximum absolute atomic E-state index is 8.77. The van der Waals surface area contributed by atoms with Crippen molar-refractivity contribution in [3.05, 3.63) is 34.9 Å². The number of nitrogens with zero attached hydrogens (tertiary/aromatic N) is 1. The first-order valence-corrected chi connectivity index (χ1v) is 5.71. The van der Waals surface area contributed by atoms with Gasteiger partial charge in [-0.1, -0.05) is 30.7 Å². The summed E-state index contributed by atoms with van der Waals surface area (Å²) in [5.74, 6) is 0. The summed E-state index contributed by atoms with van der Waals surface area (Å²) in [5, 5.41) is 9.56. The third kappa shape index (κ3) is 4.65. The average molecular weight is 228 g/mol. The maximum Gasteiger partial charge on any atom is 0.0443 e. The first-order valence-electron chi connectivity index (χ1n) is 5.34. The lowest BCUT2D eigenvalue weighted by Crippen LogP contribution is -2.24. The molecule has 1 aromatic carbocycles. The lowest BCUT2D eigenvalue weighted by molar-refractivity contribution is 0.225. The van der Waals surface area contributed by atoms with Crippen molar-refractivity contribution in [1.29, 1.82) is 0 Å². The highest BCUT2D eigenvalue weighted by molar-refractivity contribution is 6.30. The van der Waals surface area contributed by atoms with E-state index in [1.165, 1.54) is 5.56 Å². The third-order valence-electron chi connectivity index (χ3n) is 2.37. The highest BCUT2D eigenvalue weighted by atomic mass is 35.5. The van der Waals surface area contributed by atoms with Gasteiger partial charge in [-0.25, -0.2) is 0 Å². The molecule has 1 N–H and O–H groups in total. The van der Waals surface area contributed by atoms with Crippen LogP contribution >= 0.6 is 11.6 Å². The summed E-state index contributed by atoms with van der Waals surface area (Å²) in [6, 6.07) is 7.92. The average Bonchev–Trinajstić information content (AvgIpc) is 2.24. The lowest BCUT2D eigenvalue weighted by Gasteiger charge is -2.19. The molecule has 1 aromatic rings. The van der Waals surface area contributed by atoms with E-state index in [9.17, 15) is 0 Å². The second-order valence-corrected chi connectivity index (χ2v) is 4.01. The van der Waals surface area contributed by atoms with Crippen molar-refractivity contribution in [2.75, 3.05) is 19.7 Å². The monoisotopic (exact) mass is 227 g/mol. The Balaban J connectivity index is 2.50. The standard InChI is InChI=1S/C12H18ClNO/c1-2-14(7-4-8-15)10-11-5-3-6-12(13)9-11/h3,5-6,9,15H,2,4,7-8,10H2,1H3. The second-order valence-electron chi connectivity index (χ2n) is 3.58. The number of benzene rings is 1. The van der Waals surface area contributed by atoms with E-state index in [2.05, 4.69) is 17.9 Å². The molecule has 0 aliphatic carbocycles. The van der Waals surface area contributed by atoms with Gasteiger partial charge in [-0.05, 0) is 30.7 Å². The van der Waals surface area contributed by atoms with E-state index in [4.69, 9.17) is 16.7 Å². The van der Waals surface area contributed by atoms with Gasteiger partial charge < -0.3 is 5.11 Å². The van der Waals surface area contributed by atoms with Crippen LogP contribution in [0.25, 0.3) is 0 Å². The Kier molecular flexibility index (Phi) is 5.69. The third-order valence-corrected chi connectivity index (χ3v) is 2.61. The molecule has 0 atom stereocenters. The Morgan fingerprint density at radius 2 is 2.20 bits per heavy atom. The van der Waals surface area contributed by atoms with Crippen LogP contribution < -0.4 is 0 Å². The van der Waals surface area contributed by atoms with Crippen LogP contribution in [-0.2, 0) is 6.54 Å². The number of halogens is 1. The molecule has 3 heteroatoms. The van der Waals surface area contributed by atoms with E-state index in [-0.39, 0.29) is 6.61 Å². The minimum absolute atomic E-state index is 0.256. The number of hydrogen-bond donors (Lipinski definition) is 1. The molecule has 0 fully saturated rings. The molecule has 0 unspecified atom stereocenters. The van der Waals surface area contributed by atoms with Crippen molar-refractivity contribution in [2.24, 2.45) is 0 Å². The zero-order chi connectivity index (χ0) is 11.1. The Bertz CT molecular complexity index is 291. The first kappa shape index (κ1) is 12.5. The molecule has 0 aliphatic heterocycles. The van der Waals surface area contributed by atoms with Crippen molar-refractivity contribution in [3.8, 4) is 0 Å². The quantitative estimate of drug-likeness (QED) is 0.808. The molecule has 84 valence electrons. The van der Waals surface area contributed by atoms with Gasteiger partial charge in [0.15, 0.2) is 0 Å². The summed E-state index contributed by atoms with van der Waals surface area (Å²) < 4.78 is 0. The minimum atomic E-state index is 0.256. The fourth-order valence-corrected chi connectivity index (χ4v) is 1.75. The summed E-state index contributed by atoms with van der Waals surface area (Å²) >= 11 is 5.92. The van der Waals surface area contributed by atoms with Crippen LogP contribution in [0.3, 0.4) is 0 Å². The second kappa shape index (κ2) is 6.83. The van der Waals surface area contributed by atoms with Crippen LogP contribution in [0.15, 0.2) is 24.3 Å². The number of rotatable bonds is 6. The van der Waals surface area contributed by atoms with E-state index in [1.54, 1.807) is 0 Å². The van der Waals surface area contributed by atoms with Gasteiger partial charge in [0.1, 0.15) is 0 Å². The fourth-order valence-electron chi connectivity index (χ4n) is 1.54. The van der Waals surface area contributed by atoms with Crippen LogP contribution in [0.1, 0.15) is 18.9 Å². The highest BCUT2D eigenvalue weighted by Gasteiger charge is 2.03. The molecule has 0 amide bonds. The SMILES string of the molecule is CCN(CCCO)Cc1cccc(Cl)c1. The topological polar surface area (TPSA) is 23.5 Å². The summed E-state index contributed by atoms with van der Waals surface area (Å²) in [4.78, 5) is 2.29. The molecule has 0 saturated carbocycles. The molecule has 0 bridgehead atoms. The van der Waals surface area contributed by atoms with E-state index in [1.807, 2.05) is 18.2 Å². The minimum Gasteiger partial charge on any atom is -0.396 e. The molecule has 0 heterocycles. The van der Waals surface area contributed by atoms with E-state index in [0.717, 1.165) is 31.1 Å². The van der Waals surface area contributed by atoms with Crippen LogP contribution in [0.5, 0.6) is 0 Å². The van der Waals surface area contributed by atoms with Gasteiger partial charge in [0.25, 0.3) is 0 Å². The number of aliphatic hydroxyl groups is 1. The molecular weight excluding hydrogens is 210 g/mol. The predicted molar refractivity (Wildman–Crippen MR) is 64.1 cm³/mol.